The predicted molar refractivity (Wildman–Crippen MR) is 56.2 cm³/mol. The van der Waals surface area contributed by atoms with Gasteiger partial charge in [0.15, 0.2) is 0 Å². The lowest BCUT2D eigenvalue weighted by Crippen LogP contribution is -2.29. The average molecular weight is 217 g/mol. The number of aliphatic imine (C=N–C) groups is 1. The van der Waals surface area contributed by atoms with Crippen molar-refractivity contribution in [1.29, 1.82) is 0 Å². The third-order valence-electron chi connectivity index (χ3n) is 1.62. The minimum absolute atomic E-state index is 0.0213. The zero-order valence-electron chi connectivity index (χ0n) is 8.61. The Bertz CT molecular complexity index is 273. The Morgan fingerprint density at radius 2 is 2.27 bits per heavy atom. The summed E-state index contributed by atoms with van der Waals surface area (Å²) in [6, 6.07) is -1.06. The summed E-state index contributed by atoms with van der Waals surface area (Å²) in [4.78, 5) is 14.1. The molecular weight excluding hydrogens is 201 g/mol. The van der Waals surface area contributed by atoms with Crippen LogP contribution in [0.15, 0.2) is 16.9 Å². The molecule has 5 nitrogen and oxygen atoms in total. The van der Waals surface area contributed by atoms with Crippen LogP contribution in [0, 0.1) is 0 Å². The Morgan fingerprint density at radius 1 is 1.67 bits per heavy atom. The van der Waals surface area contributed by atoms with Crippen LogP contribution >= 0.6 is 0 Å². The molecule has 0 spiro atoms. The van der Waals surface area contributed by atoms with Crippen molar-refractivity contribution >= 4 is 11.8 Å². The Labute approximate surface area is 87.7 Å². The van der Waals surface area contributed by atoms with E-state index in [0.29, 0.717) is 5.84 Å². The number of amidine groups is 1. The number of carbonyl (C=O) groups is 1. The van der Waals surface area contributed by atoms with Gasteiger partial charge in [-0.1, -0.05) is 6.08 Å². The standard InChI is InChI=1S/C9H16FN3O2/c1-6(11)13-5-4-7(10)2-3-8(12)9(14)15/h2,8H,3-5,12H2,1H3,(H2,11,13)(H,14,15)/b7-2-/t8-/m0/s1. The monoisotopic (exact) mass is 217 g/mol. The number of rotatable bonds is 6. The van der Waals surface area contributed by atoms with Gasteiger partial charge >= 0.3 is 5.97 Å². The molecule has 0 bridgehead atoms. The lowest BCUT2D eigenvalue weighted by molar-refractivity contribution is -0.138. The second-order valence-corrected chi connectivity index (χ2v) is 3.10. The van der Waals surface area contributed by atoms with Gasteiger partial charge in [0.25, 0.3) is 0 Å². The van der Waals surface area contributed by atoms with E-state index in [9.17, 15) is 9.18 Å². The van der Waals surface area contributed by atoms with Gasteiger partial charge in [0.1, 0.15) is 6.04 Å². The molecule has 0 aliphatic rings. The Kier molecular flexibility index (Phi) is 6.28. The van der Waals surface area contributed by atoms with Crippen LogP contribution in [0.5, 0.6) is 0 Å². The lowest BCUT2D eigenvalue weighted by Gasteiger charge is -2.01. The summed E-state index contributed by atoms with van der Waals surface area (Å²) in [6.07, 6.45) is 1.26. The fourth-order valence-electron chi connectivity index (χ4n) is 0.797. The minimum Gasteiger partial charge on any atom is -0.480 e. The SMILES string of the molecule is CC(N)=NCC/C(F)=C/C[C@H](N)C(=O)O. The first-order valence-corrected chi connectivity index (χ1v) is 4.53. The quantitative estimate of drug-likeness (QED) is 0.443. The second-order valence-electron chi connectivity index (χ2n) is 3.10. The molecular formula is C9H16FN3O2. The Balaban J connectivity index is 3.89. The van der Waals surface area contributed by atoms with Crippen molar-refractivity contribution < 1.29 is 14.3 Å². The van der Waals surface area contributed by atoms with Crippen LogP contribution in [0.25, 0.3) is 0 Å². The number of halogens is 1. The fraction of sp³-hybridized carbons (Fsp3) is 0.556. The van der Waals surface area contributed by atoms with E-state index >= 15 is 0 Å². The summed E-state index contributed by atoms with van der Waals surface area (Å²) < 4.78 is 13.0. The summed E-state index contributed by atoms with van der Waals surface area (Å²) in [5.74, 6) is -1.17. The summed E-state index contributed by atoms with van der Waals surface area (Å²) in [7, 11) is 0. The number of aliphatic carboxylic acids is 1. The van der Waals surface area contributed by atoms with Crippen LogP contribution in [0.1, 0.15) is 19.8 Å². The summed E-state index contributed by atoms with van der Waals surface area (Å²) in [6.45, 7) is 1.87. The molecule has 0 saturated heterocycles. The van der Waals surface area contributed by atoms with Crippen LogP contribution in [0.2, 0.25) is 0 Å². The maximum Gasteiger partial charge on any atom is 0.320 e. The van der Waals surface area contributed by atoms with E-state index in [4.69, 9.17) is 16.6 Å². The van der Waals surface area contributed by atoms with E-state index in [1.54, 1.807) is 6.92 Å². The van der Waals surface area contributed by atoms with Gasteiger partial charge in [-0.05, 0) is 13.3 Å². The number of hydrogen-bond acceptors (Lipinski definition) is 3. The van der Waals surface area contributed by atoms with E-state index in [1.807, 2.05) is 0 Å². The highest BCUT2D eigenvalue weighted by Gasteiger charge is 2.09. The topological polar surface area (TPSA) is 102 Å². The predicted octanol–water partition coefficient (Wildman–Crippen LogP) is 0.409. The molecule has 0 saturated carbocycles. The third kappa shape index (κ3) is 7.63. The van der Waals surface area contributed by atoms with E-state index in [1.165, 1.54) is 6.08 Å². The van der Waals surface area contributed by atoms with Crippen LogP contribution in [0.4, 0.5) is 4.39 Å². The molecule has 0 aliphatic heterocycles. The molecule has 0 unspecified atom stereocenters. The molecule has 0 heterocycles. The average Bonchev–Trinajstić information content (AvgIpc) is 2.13. The van der Waals surface area contributed by atoms with Gasteiger partial charge in [0.2, 0.25) is 0 Å². The van der Waals surface area contributed by atoms with Crippen LogP contribution in [0.3, 0.4) is 0 Å². The largest absolute Gasteiger partial charge is 0.480 e. The van der Waals surface area contributed by atoms with Gasteiger partial charge in [0.05, 0.1) is 11.7 Å². The van der Waals surface area contributed by atoms with Gasteiger partial charge in [-0.2, -0.15) is 0 Å². The van der Waals surface area contributed by atoms with Crippen molar-refractivity contribution in [2.45, 2.75) is 25.8 Å². The summed E-state index contributed by atoms with van der Waals surface area (Å²) in [5.41, 5.74) is 10.4. The molecule has 1 atom stereocenters. The number of carboxylic acids is 1. The van der Waals surface area contributed by atoms with Crippen molar-refractivity contribution in [1.82, 2.24) is 0 Å². The van der Waals surface area contributed by atoms with E-state index in [2.05, 4.69) is 4.99 Å². The molecule has 0 radical (unpaired) electrons. The molecule has 0 aromatic heterocycles. The highest BCUT2D eigenvalue weighted by atomic mass is 19.1. The van der Waals surface area contributed by atoms with Gasteiger partial charge in [-0.25, -0.2) is 4.39 Å². The van der Waals surface area contributed by atoms with Crippen LogP contribution in [-0.2, 0) is 4.79 Å². The lowest BCUT2D eigenvalue weighted by atomic mass is 10.2. The van der Waals surface area contributed by atoms with Crippen molar-refractivity contribution in [3.8, 4) is 0 Å². The summed E-state index contributed by atoms with van der Waals surface area (Å²) in [5, 5.41) is 8.43. The summed E-state index contributed by atoms with van der Waals surface area (Å²) >= 11 is 0. The fourth-order valence-corrected chi connectivity index (χ4v) is 0.797. The normalized spacial score (nSPS) is 15.1. The van der Waals surface area contributed by atoms with Crippen molar-refractivity contribution in [2.75, 3.05) is 6.54 Å². The molecule has 0 rings (SSSR count). The van der Waals surface area contributed by atoms with Gasteiger partial charge in [-0.3, -0.25) is 9.79 Å². The molecule has 0 aliphatic carbocycles. The molecule has 0 fully saturated rings. The first kappa shape index (κ1) is 13.6. The number of carboxylic acid groups (broad SMARTS) is 1. The number of nitrogens with zero attached hydrogens (tertiary/aromatic N) is 1. The zero-order valence-corrected chi connectivity index (χ0v) is 8.61. The molecule has 5 N–H and O–H groups in total. The van der Waals surface area contributed by atoms with Gasteiger partial charge in [0, 0.05) is 13.0 Å². The molecule has 15 heavy (non-hydrogen) atoms. The van der Waals surface area contributed by atoms with E-state index in [-0.39, 0.29) is 19.4 Å². The molecule has 86 valence electrons. The van der Waals surface area contributed by atoms with Crippen molar-refractivity contribution in [2.24, 2.45) is 16.5 Å². The number of nitrogens with two attached hydrogens (primary N) is 2. The highest BCUT2D eigenvalue weighted by Crippen LogP contribution is 2.05. The second kappa shape index (κ2) is 6.94. The molecule has 0 amide bonds. The smallest absolute Gasteiger partial charge is 0.320 e. The van der Waals surface area contributed by atoms with E-state index in [0.717, 1.165) is 0 Å². The Morgan fingerprint density at radius 3 is 2.73 bits per heavy atom. The first-order chi connectivity index (χ1) is 6.93. The highest BCUT2D eigenvalue weighted by molar-refractivity contribution is 5.77. The zero-order chi connectivity index (χ0) is 11.8. The molecule has 6 heteroatoms. The third-order valence-corrected chi connectivity index (χ3v) is 1.62. The van der Waals surface area contributed by atoms with Crippen molar-refractivity contribution in [3.05, 3.63) is 11.9 Å². The van der Waals surface area contributed by atoms with Gasteiger partial charge < -0.3 is 16.6 Å². The maximum absolute atomic E-state index is 13.0. The molecule has 0 aromatic rings. The van der Waals surface area contributed by atoms with Gasteiger partial charge in [-0.15, -0.1) is 0 Å². The molecule has 0 aromatic carbocycles. The number of hydrogen-bond donors (Lipinski definition) is 3. The van der Waals surface area contributed by atoms with Crippen LogP contribution < -0.4 is 11.5 Å². The Hall–Kier alpha value is -1.43. The van der Waals surface area contributed by atoms with Crippen LogP contribution in [-0.4, -0.2) is 29.5 Å². The first-order valence-electron chi connectivity index (χ1n) is 4.53. The maximum atomic E-state index is 13.0. The van der Waals surface area contributed by atoms with Crippen molar-refractivity contribution in [3.63, 3.8) is 0 Å². The minimum atomic E-state index is -1.14. The van der Waals surface area contributed by atoms with E-state index < -0.39 is 17.8 Å².